The lowest BCUT2D eigenvalue weighted by atomic mass is 10.2. The van der Waals surface area contributed by atoms with Gasteiger partial charge in [-0.25, -0.2) is 4.79 Å². The van der Waals surface area contributed by atoms with Crippen LogP contribution in [0.3, 0.4) is 0 Å². The van der Waals surface area contributed by atoms with E-state index in [9.17, 15) is 4.79 Å². The minimum atomic E-state index is -0.207. The third kappa shape index (κ3) is 4.59. The van der Waals surface area contributed by atoms with Crippen molar-refractivity contribution >= 4 is 5.97 Å². The average molecular weight is 156 g/mol. The molecule has 0 aromatic heterocycles. The van der Waals surface area contributed by atoms with Crippen LogP contribution in [0.2, 0.25) is 0 Å². The second-order valence-electron chi connectivity index (χ2n) is 2.75. The van der Waals surface area contributed by atoms with Gasteiger partial charge in [0, 0.05) is 5.57 Å². The van der Waals surface area contributed by atoms with Crippen LogP contribution in [-0.4, -0.2) is 12.1 Å². The quantitative estimate of drug-likeness (QED) is 0.463. The van der Waals surface area contributed by atoms with E-state index in [4.69, 9.17) is 4.74 Å². The first-order chi connectivity index (χ1) is 5.07. The first-order valence-electron chi connectivity index (χ1n) is 3.95. The van der Waals surface area contributed by atoms with Crippen LogP contribution < -0.4 is 0 Å². The average Bonchev–Trinajstić information content (AvgIpc) is 1.86. The van der Waals surface area contributed by atoms with Crippen molar-refractivity contribution in [1.82, 2.24) is 0 Å². The molecule has 64 valence electrons. The largest absolute Gasteiger partial charge is 0.460 e. The number of allylic oxidation sites excluding steroid dienone is 1. The van der Waals surface area contributed by atoms with Crippen LogP contribution in [0.4, 0.5) is 0 Å². The molecule has 0 atom stereocenters. The van der Waals surface area contributed by atoms with Gasteiger partial charge in [-0.05, 0) is 27.2 Å². The van der Waals surface area contributed by atoms with E-state index in [1.165, 1.54) is 0 Å². The van der Waals surface area contributed by atoms with Gasteiger partial charge in [0.05, 0.1) is 6.10 Å². The zero-order chi connectivity index (χ0) is 8.85. The summed E-state index contributed by atoms with van der Waals surface area (Å²) in [5.41, 5.74) is 0.696. The van der Waals surface area contributed by atoms with Crippen molar-refractivity contribution in [2.24, 2.45) is 0 Å². The molecule has 0 saturated carbocycles. The normalized spacial score (nSPS) is 11.9. The van der Waals surface area contributed by atoms with Gasteiger partial charge in [0.2, 0.25) is 0 Å². The molecule has 0 N–H and O–H groups in total. The molecule has 0 spiro atoms. The van der Waals surface area contributed by atoms with Gasteiger partial charge >= 0.3 is 5.97 Å². The lowest BCUT2D eigenvalue weighted by Gasteiger charge is -2.07. The summed E-state index contributed by atoms with van der Waals surface area (Å²) in [7, 11) is 0. The predicted molar refractivity (Wildman–Crippen MR) is 45.3 cm³/mol. The molecule has 0 saturated heterocycles. The number of hydrogen-bond donors (Lipinski definition) is 0. The van der Waals surface area contributed by atoms with E-state index in [2.05, 4.69) is 0 Å². The van der Waals surface area contributed by atoms with Gasteiger partial charge in [-0.2, -0.15) is 0 Å². The lowest BCUT2D eigenvalue weighted by molar-refractivity contribution is -0.142. The second kappa shape index (κ2) is 4.94. The van der Waals surface area contributed by atoms with Gasteiger partial charge in [0.1, 0.15) is 0 Å². The summed E-state index contributed by atoms with van der Waals surface area (Å²) >= 11 is 0. The summed E-state index contributed by atoms with van der Waals surface area (Å²) in [6.07, 6.45) is 2.71. The molecule has 0 unspecified atom stereocenters. The van der Waals surface area contributed by atoms with E-state index in [1.807, 2.05) is 26.8 Å². The Morgan fingerprint density at radius 1 is 1.55 bits per heavy atom. The highest BCUT2D eigenvalue weighted by atomic mass is 16.5. The number of esters is 1. The fourth-order valence-corrected chi connectivity index (χ4v) is 0.697. The molecule has 2 heteroatoms. The standard InChI is InChI=1S/C9H16O2/c1-5-6-8(4)9(10)11-7(2)3/h6-7H,5H2,1-4H3. The van der Waals surface area contributed by atoms with Gasteiger partial charge < -0.3 is 4.74 Å². The van der Waals surface area contributed by atoms with Crippen molar-refractivity contribution in [3.8, 4) is 0 Å². The van der Waals surface area contributed by atoms with Crippen LogP contribution in [0.25, 0.3) is 0 Å². The van der Waals surface area contributed by atoms with Crippen LogP contribution in [0.15, 0.2) is 11.6 Å². The second-order valence-corrected chi connectivity index (χ2v) is 2.75. The molecular formula is C9H16O2. The van der Waals surface area contributed by atoms with Crippen molar-refractivity contribution in [3.05, 3.63) is 11.6 Å². The fraction of sp³-hybridized carbons (Fsp3) is 0.667. The Kier molecular flexibility index (Phi) is 4.59. The summed E-state index contributed by atoms with van der Waals surface area (Å²) in [6.45, 7) is 7.45. The molecule has 0 bridgehead atoms. The number of carbonyl (C=O) groups excluding carboxylic acids is 1. The third-order valence-electron chi connectivity index (χ3n) is 1.18. The van der Waals surface area contributed by atoms with E-state index in [0.29, 0.717) is 5.57 Å². The monoisotopic (exact) mass is 156 g/mol. The molecule has 0 aliphatic heterocycles. The van der Waals surface area contributed by atoms with Gasteiger partial charge in [-0.15, -0.1) is 0 Å². The Balaban J connectivity index is 3.93. The maximum Gasteiger partial charge on any atom is 0.333 e. The molecule has 0 radical (unpaired) electrons. The van der Waals surface area contributed by atoms with Crippen LogP contribution in [-0.2, 0) is 9.53 Å². The molecule has 11 heavy (non-hydrogen) atoms. The molecule has 0 aliphatic rings. The van der Waals surface area contributed by atoms with Crippen LogP contribution in [0.1, 0.15) is 34.1 Å². The molecule has 0 fully saturated rings. The number of hydrogen-bond acceptors (Lipinski definition) is 2. The molecule has 0 aromatic carbocycles. The summed E-state index contributed by atoms with van der Waals surface area (Å²) in [6, 6.07) is 0. The van der Waals surface area contributed by atoms with Crippen molar-refractivity contribution in [3.63, 3.8) is 0 Å². The van der Waals surface area contributed by atoms with E-state index in [0.717, 1.165) is 6.42 Å². The third-order valence-corrected chi connectivity index (χ3v) is 1.18. The Bertz CT molecular complexity index is 157. The van der Waals surface area contributed by atoms with Gasteiger partial charge in [0.15, 0.2) is 0 Å². The van der Waals surface area contributed by atoms with Crippen molar-refractivity contribution in [1.29, 1.82) is 0 Å². The maximum atomic E-state index is 11.1. The highest BCUT2D eigenvalue weighted by Gasteiger charge is 2.05. The van der Waals surface area contributed by atoms with E-state index in [-0.39, 0.29) is 12.1 Å². The maximum absolute atomic E-state index is 11.1. The Hall–Kier alpha value is -0.790. The van der Waals surface area contributed by atoms with E-state index >= 15 is 0 Å². The fourth-order valence-electron chi connectivity index (χ4n) is 0.697. The molecule has 2 nitrogen and oxygen atoms in total. The molecular weight excluding hydrogens is 140 g/mol. The molecule has 0 amide bonds. The topological polar surface area (TPSA) is 26.3 Å². The Morgan fingerprint density at radius 3 is 2.45 bits per heavy atom. The minimum absolute atomic E-state index is 0.0253. The van der Waals surface area contributed by atoms with Gasteiger partial charge in [-0.3, -0.25) is 0 Å². The minimum Gasteiger partial charge on any atom is -0.460 e. The Morgan fingerprint density at radius 2 is 2.09 bits per heavy atom. The first kappa shape index (κ1) is 10.2. The van der Waals surface area contributed by atoms with Crippen LogP contribution in [0, 0.1) is 0 Å². The predicted octanol–water partition coefficient (Wildman–Crippen LogP) is 2.29. The molecule has 0 rings (SSSR count). The summed E-state index contributed by atoms with van der Waals surface area (Å²) in [5, 5.41) is 0. The first-order valence-corrected chi connectivity index (χ1v) is 3.95. The van der Waals surface area contributed by atoms with Gasteiger partial charge in [-0.1, -0.05) is 13.0 Å². The van der Waals surface area contributed by atoms with Crippen molar-refractivity contribution in [2.45, 2.75) is 40.2 Å². The molecule has 0 aromatic rings. The molecule has 0 heterocycles. The Labute approximate surface area is 68.2 Å². The number of ether oxygens (including phenoxy) is 1. The van der Waals surface area contributed by atoms with Crippen molar-refractivity contribution in [2.75, 3.05) is 0 Å². The van der Waals surface area contributed by atoms with Crippen LogP contribution >= 0.6 is 0 Å². The smallest absolute Gasteiger partial charge is 0.333 e. The SMILES string of the molecule is CCC=C(C)C(=O)OC(C)C. The zero-order valence-electron chi connectivity index (χ0n) is 7.68. The van der Waals surface area contributed by atoms with Crippen LogP contribution in [0.5, 0.6) is 0 Å². The summed E-state index contributed by atoms with van der Waals surface area (Å²) in [4.78, 5) is 11.1. The lowest BCUT2D eigenvalue weighted by Crippen LogP contribution is -2.11. The highest BCUT2D eigenvalue weighted by molar-refractivity contribution is 5.87. The summed E-state index contributed by atoms with van der Waals surface area (Å²) in [5.74, 6) is -0.207. The molecule has 0 aliphatic carbocycles. The number of carbonyl (C=O) groups is 1. The van der Waals surface area contributed by atoms with E-state index < -0.39 is 0 Å². The van der Waals surface area contributed by atoms with Crippen molar-refractivity contribution < 1.29 is 9.53 Å². The van der Waals surface area contributed by atoms with Gasteiger partial charge in [0.25, 0.3) is 0 Å². The summed E-state index contributed by atoms with van der Waals surface area (Å²) < 4.78 is 4.96. The number of rotatable bonds is 3. The van der Waals surface area contributed by atoms with E-state index in [1.54, 1.807) is 6.92 Å². The zero-order valence-corrected chi connectivity index (χ0v) is 7.68. The highest BCUT2D eigenvalue weighted by Crippen LogP contribution is 2.00.